The Balaban J connectivity index is 2.11. The third-order valence-corrected chi connectivity index (χ3v) is 5.38. The van der Waals surface area contributed by atoms with Gasteiger partial charge in [-0.2, -0.15) is 0 Å². The summed E-state index contributed by atoms with van der Waals surface area (Å²) in [5.74, 6) is -0.454. The van der Waals surface area contributed by atoms with Crippen LogP contribution in [0.15, 0.2) is 12.1 Å². The number of ether oxygens (including phenoxy) is 2. The van der Waals surface area contributed by atoms with Crippen molar-refractivity contribution in [2.45, 2.75) is 38.5 Å². The lowest BCUT2D eigenvalue weighted by Crippen LogP contribution is -2.36. The Morgan fingerprint density at radius 2 is 2.04 bits per heavy atom. The lowest BCUT2D eigenvalue weighted by atomic mass is 10.2. The Morgan fingerprint density at radius 3 is 2.75 bits per heavy atom. The van der Waals surface area contributed by atoms with E-state index >= 15 is 0 Å². The SMILES string of the molecule is CC[C@@H](C)NC(=O)CS(=O)(=O)Cc1cc(Cl)c2c(c1)OCCCO2. The number of sulfone groups is 1. The van der Waals surface area contributed by atoms with Gasteiger partial charge in [0.25, 0.3) is 0 Å². The summed E-state index contributed by atoms with van der Waals surface area (Å²) in [4.78, 5) is 11.8. The van der Waals surface area contributed by atoms with E-state index in [9.17, 15) is 13.2 Å². The highest BCUT2D eigenvalue weighted by Gasteiger charge is 2.21. The van der Waals surface area contributed by atoms with E-state index in [-0.39, 0.29) is 11.8 Å². The minimum Gasteiger partial charge on any atom is -0.489 e. The van der Waals surface area contributed by atoms with Gasteiger partial charge < -0.3 is 14.8 Å². The number of amides is 1. The summed E-state index contributed by atoms with van der Waals surface area (Å²) in [6.45, 7) is 4.73. The summed E-state index contributed by atoms with van der Waals surface area (Å²) in [6, 6.07) is 3.09. The maximum absolute atomic E-state index is 12.3. The molecule has 1 amide bonds. The fourth-order valence-electron chi connectivity index (χ4n) is 2.29. The maximum atomic E-state index is 12.3. The minimum absolute atomic E-state index is 0.0554. The summed E-state index contributed by atoms with van der Waals surface area (Å²) in [6.07, 6.45) is 1.47. The first-order valence-electron chi connectivity index (χ1n) is 7.88. The Labute approximate surface area is 147 Å². The summed E-state index contributed by atoms with van der Waals surface area (Å²) in [7, 11) is -3.61. The molecule has 24 heavy (non-hydrogen) atoms. The van der Waals surface area contributed by atoms with E-state index in [4.69, 9.17) is 21.1 Å². The van der Waals surface area contributed by atoms with Crippen LogP contribution < -0.4 is 14.8 Å². The molecule has 0 aliphatic carbocycles. The largest absolute Gasteiger partial charge is 0.489 e. The molecule has 2 rings (SSSR count). The number of benzene rings is 1. The fourth-order valence-corrected chi connectivity index (χ4v) is 3.84. The molecule has 0 spiro atoms. The van der Waals surface area contributed by atoms with Crippen LogP contribution in [0.25, 0.3) is 0 Å². The highest BCUT2D eigenvalue weighted by atomic mass is 35.5. The van der Waals surface area contributed by atoms with Crippen molar-refractivity contribution in [1.29, 1.82) is 0 Å². The number of carbonyl (C=O) groups is 1. The molecule has 1 N–H and O–H groups in total. The zero-order valence-electron chi connectivity index (χ0n) is 13.8. The normalized spacial score (nSPS) is 15.5. The van der Waals surface area contributed by atoms with E-state index in [1.807, 2.05) is 13.8 Å². The summed E-state index contributed by atoms with van der Waals surface area (Å²) in [5.41, 5.74) is 0.473. The van der Waals surface area contributed by atoms with Crippen molar-refractivity contribution in [1.82, 2.24) is 5.32 Å². The predicted molar refractivity (Wildman–Crippen MR) is 92.4 cm³/mol. The smallest absolute Gasteiger partial charge is 0.235 e. The first-order valence-corrected chi connectivity index (χ1v) is 10.1. The van der Waals surface area contributed by atoms with Crippen LogP contribution in [-0.2, 0) is 20.4 Å². The zero-order chi connectivity index (χ0) is 17.7. The monoisotopic (exact) mass is 375 g/mol. The van der Waals surface area contributed by atoms with Gasteiger partial charge >= 0.3 is 0 Å². The number of halogens is 1. The van der Waals surface area contributed by atoms with E-state index in [0.29, 0.717) is 35.3 Å². The standard InChI is InChI=1S/C16H22ClNO5S/c1-3-11(2)18-15(19)10-24(20,21)9-12-7-13(17)16-14(8-12)22-5-4-6-23-16/h7-8,11H,3-6,9-10H2,1-2H3,(H,18,19)/t11-/m1/s1. The molecular formula is C16H22ClNO5S. The topological polar surface area (TPSA) is 81.7 Å². The second kappa shape index (κ2) is 8.07. The summed E-state index contributed by atoms with van der Waals surface area (Å²) in [5, 5.41) is 2.96. The molecule has 0 saturated heterocycles. The Bertz CT molecular complexity index is 705. The molecule has 0 unspecified atom stereocenters. The van der Waals surface area contributed by atoms with Gasteiger partial charge in [0.1, 0.15) is 5.75 Å². The van der Waals surface area contributed by atoms with Gasteiger partial charge in [-0.05, 0) is 31.0 Å². The average Bonchev–Trinajstić information content (AvgIpc) is 2.71. The van der Waals surface area contributed by atoms with Gasteiger partial charge in [0.05, 0.1) is 24.0 Å². The highest BCUT2D eigenvalue weighted by molar-refractivity contribution is 7.91. The molecule has 1 aromatic rings. The second-order valence-electron chi connectivity index (χ2n) is 5.86. The number of hydrogen-bond donors (Lipinski definition) is 1. The van der Waals surface area contributed by atoms with Gasteiger partial charge in [-0.3, -0.25) is 4.79 Å². The summed E-state index contributed by atoms with van der Waals surface area (Å²) >= 11 is 6.16. The molecule has 0 radical (unpaired) electrons. The van der Waals surface area contributed by atoms with E-state index in [0.717, 1.165) is 12.8 Å². The van der Waals surface area contributed by atoms with Gasteiger partial charge in [-0.15, -0.1) is 0 Å². The molecule has 1 aromatic carbocycles. The predicted octanol–water partition coefficient (Wildman–Crippen LogP) is 2.33. The van der Waals surface area contributed by atoms with E-state index in [1.165, 1.54) is 0 Å². The number of rotatable bonds is 6. The van der Waals surface area contributed by atoms with Crippen LogP contribution >= 0.6 is 11.6 Å². The van der Waals surface area contributed by atoms with Gasteiger partial charge in [-0.25, -0.2) is 8.42 Å². The molecule has 0 bridgehead atoms. The van der Waals surface area contributed by atoms with Crippen LogP contribution in [0.3, 0.4) is 0 Å². The second-order valence-corrected chi connectivity index (χ2v) is 8.34. The number of carbonyl (C=O) groups excluding carboxylic acids is 1. The number of fused-ring (bicyclic) bond motifs is 1. The third kappa shape index (κ3) is 5.27. The molecule has 1 aliphatic heterocycles. The summed E-state index contributed by atoms with van der Waals surface area (Å²) < 4.78 is 35.6. The zero-order valence-corrected chi connectivity index (χ0v) is 15.4. The Kier molecular flexibility index (Phi) is 6.34. The van der Waals surface area contributed by atoms with Crippen molar-refractivity contribution in [2.24, 2.45) is 0 Å². The van der Waals surface area contributed by atoms with E-state index in [2.05, 4.69) is 5.32 Å². The first kappa shape index (κ1) is 18.9. The van der Waals surface area contributed by atoms with Gasteiger partial charge in [0.15, 0.2) is 21.3 Å². The first-order chi connectivity index (χ1) is 11.3. The molecule has 6 nitrogen and oxygen atoms in total. The van der Waals surface area contributed by atoms with Crippen molar-refractivity contribution < 1.29 is 22.7 Å². The molecule has 1 atom stereocenters. The van der Waals surface area contributed by atoms with Gasteiger partial charge in [-0.1, -0.05) is 18.5 Å². The lowest BCUT2D eigenvalue weighted by Gasteiger charge is -2.13. The molecule has 0 aromatic heterocycles. The average molecular weight is 376 g/mol. The van der Waals surface area contributed by atoms with E-state index in [1.54, 1.807) is 12.1 Å². The quantitative estimate of drug-likeness (QED) is 0.825. The minimum atomic E-state index is -3.61. The fraction of sp³-hybridized carbons (Fsp3) is 0.562. The number of hydrogen-bond acceptors (Lipinski definition) is 5. The third-order valence-electron chi connectivity index (χ3n) is 3.62. The maximum Gasteiger partial charge on any atom is 0.235 e. The molecule has 1 aliphatic rings. The molecule has 134 valence electrons. The van der Waals surface area contributed by atoms with Crippen LogP contribution in [0.5, 0.6) is 11.5 Å². The molecule has 8 heteroatoms. The highest BCUT2D eigenvalue weighted by Crippen LogP contribution is 2.38. The van der Waals surface area contributed by atoms with Crippen LogP contribution in [0.1, 0.15) is 32.3 Å². The van der Waals surface area contributed by atoms with Gasteiger partial charge in [0, 0.05) is 12.5 Å². The van der Waals surface area contributed by atoms with Gasteiger partial charge in [0.2, 0.25) is 5.91 Å². The van der Waals surface area contributed by atoms with Crippen LogP contribution in [-0.4, -0.2) is 39.3 Å². The molecule has 1 heterocycles. The molecule has 0 saturated carbocycles. The van der Waals surface area contributed by atoms with Crippen LogP contribution in [0.2, 0.25) is 5.02 Å². The Hall–Kier alpha value is -1.47. The van der Waals surface area contributed by atoms with Crippen molar-refractivity contribution in [3.05, 3.63) is 22.7 Å². The number of nitrogens with one attached hydrogen (secondary N) is 1. The Morgan fingerprint density at radius 1 is 1.33 bits per heavy atom. The van der Waals surface area contributed by atoms with Crippen molar-refractivity contribution in [3.8, 4) is 11.5 Å². The molecular weight excluding hydrogens is 354 g/mol. The van der Waals surface area contributed by atoms with E-state index < -0.39 is 21.5 Å². The molecule has 0 fully saturated rings. The van der Waals surface area contributed by atoms with Crippen molar-refractivity contribution >= 4 is 27.3 Å². The van der Waals surface area contributed by atoms with Crippen molar-refractivity contribution in [2.75, 3.05) is 19.0 Å². The van der Waals surface area contributed by atoms with Crippen molar-refractivity contribution in [3.63, 3.8) is 0 Å². The van der Waals surface area contributed by atoms with Crippen LogP contribution in [0.4, 0.5) is 0 Å². The lowest BCUT2D eigenvalue weighted by molar-refractivity contribution is -0.119. The van der Waals surface area contributed by atoms with Crippen LogP contribution in [0, 0.1) is 0 Å².